The summed E-state index contributed by atoms with van der Waals surface area (Å²) in [5.74, 6) is -1.19. The molecule has 132 valence electrons. The van der Waals surface area contributed by atoms with E-state index in [9.17, 15) is 14.7 Å². The minimum atomic E-state index is -0.938. The van der Waals surface area contributed by atoms with Gasteiger partial charge in [0.25, 0.3) is 0 Å². The highest BCUT2D eigenvalue weighted by atomic mass is 16.4. The Kier molecular flexibility index (Phi) is 5.96. The molecule has 0 saturated carbocycles. The van der Waals surface area contributed by atoms with Crippen molar-refractivity contribution in [3.63, 3.8) is 0 Å². The van der Waals surface area contributed by atoms with Gasteiger partial charge in [0.15, 0.2) is 0 Å². The second-order valence-electron chi connectivity index (χ2n) is 6.72. The number of likely N-dealkylation sites (N-methyl/N-ethyl adjacent to an activating group) is 1. The highest BCUT2D eigenvalue weighted by molar-refractivity contribution is 5.95. The van der Waals surface area contributed by atoms with E-state index in [1.807, 2.05) is 44.9 Å². The average Bonchev–Trinajstić information content (AvgIpc) is 2.49. The fourth-order valence-electron chi connectivity index (χ4n) is 3.25. The maximum atomic E-state index is 12.4. The number of anilines is 1. The highest BCUT2D eigenvalue weighted by Crippen LogP contribution is 2.22. The van der Waals surface area contributed by atoms with Crippen LogP contribution in [-0.4, -0.2) is 66.1 Å². The van der Waals surface area contributed by atoms with E-state index < -0.39 is 12.0 Å². The first-order valence-electron chi connectivity index (χ1n) is 8.31. The fourth-order valence-corrected chi connectivity index (χ4v) is 3.25. The molecule has 2 N–H and O–H groups in total. The summed E-state index contributed by atoms with van der Waals surface area (Å²) in [7, 11) is 2.02. The Morgan fingerprint density at radius 3 is 2.17 bits per heavy atom. The Hall–Kier alpha value is -1.92. The van der Waals surface area contributed by atoms with Gasteiger partial charge in [0.1, 0.15) is 6.04 Å². The fraction of sp³-hybridized carbons (Fsp3) is 0.556. The molecule has 1 atom stereocenters. The molecule has 6 heteroatoms. The number of piperazine rings is 1. The van der Waals surface area contributed by atoms with Crippen LogP contribution in [0.3, 0.4) is 0 Å². The van der Waals surface area contributed by atoms with E-state index in [0.29, 0.717) is 13.1 Å². The molecule has 2 rings (SSSR count). The molecule has 1 saturated heterocycles. The van der Waals surface area contributed by atoms with Crippen LogP contribution in [0, 0.1) is 20.8 Å². The number of carbonyl (C=O) groups excluding carboxylic acids is 1. The van der Waals surface area contributed by atoms with Crippen LogP contribution < -0.4 is 5.32 Å². The maximum Gasteiger partial charge on any atom is 0.321 e. The molecule has 1 aliphatic heterocycles. The SMILES string of the molecule is Cc1cc(C)c(NC(=O)C[C@@H](C(=O)O)N2CCN(C)CC2)c(C)c1. The minimum absolute atomic E-state index is 0.0359. The molecule has 0 spiro atoms. The van der Waals surface area contributed by atoms with Crippen molar-refractivity contribution in [2.75, 3.05) is 38.5 Å². The number of aryl methyl sites for hydroxylation is 3. The summed E-state index contributed by atoms with van der Waals surface area (Å²) in [5.41, 5.74) is 3.91. The number of hydrogen-bond donors (Lipinski definition) is 2. The van der Waals surface area contributed by atoms with E-state index >= 15 is 0 Å². The molecule has 24 heavy (non-hydrogen) atoms. The molecule has 0 aromatic heterocycles. The van der Waals surface area contributed by atoms with Crippen molar-refractivity contribution in [1.29, 1.82) is 0 Å². The summed E-state index contributed by atoms with van der Waals surface area (Å²) in [6.45, 7) is 8.89. The number of nitrogens with zero attached hydrogens (tertiary/aromatic N) is 2. The standard InChI is InChI=1S/C18H27N3O3/c1-12-9-13(2)17(14(3)10-12)19-16(22)11-15(18(23)24)21-7-5-20(4)6-8-21/h9-10,15H,5-8,11H2,1-4H3,(H,19,22)(H,23,24)/t15-/m0/s1. The lowest BCUT2D eigenvalue weighted by molar-refractivity contribution is -0.145. The lowest BCUT2D eigenvalue weighted by atomic mass is 10.0. The van der Waals surface area contributed by atoms with Crippen LogP contribution in [0.15, 0.2) is 12.1 Å². The van der Waals surface area contributed by atoms with Gasteiger partial charge in [-0.05, 0) is 38.9 Å². The van der Waals surface area contributed by atoms with Gasteiger partial charge in [-0.2, -0.15) is 0 Å². The smallest absolute Gasteiger partial charge is 0.321 e. The second kappa shape index (κ2) is 7.77. The van der Waals surface area contributed by atoms with Crippen molar-refractivity contribution in [2.24, 2.45) is 0 Å². The van der Waals surface area contributed by atoms with Crippen molar-refractivity contribution >= 4 is 17.6 Å². The molecule has 1 aromatic rings. The molecule has 1 aromatic carbocycles. The van der Waals surface area contributed by atoms with Crippen LogP contribution in [0.25, 0.3) is 0 Å². The summed E-state index contributed by atoms with van der Waals surface area (Å²) >= 11 is 0. The molecule has 1 aliphatic rings. The monoisotopic (exact) mass is 333 g/mol. The Morgan fingerprint density at radius 2 is 1.67 bits per heavy atom. The predicted molar refractivity (Wildman–Crippen MR) is 94.4 cm³/mol. The molecule has 0 aliphatic carbocycles. The van der Waals surface area contributed by atoms with Crippen LogP contribution in [0.1, 0.15) is 23.1 Å². The van der Waals surface area contributed by atoms with Gasteiger partial charge < -0.3 is 15.3 Å². The Labute approximate surface area is 143 Å². The summed E-state index contributed by atoms with van der Waals surface area (Å²) < 4.78 is 0. The van der Waals surface area contributed by atoms with E-state index in [1.54, 1.807) is 0 Å². The first-order chi connectivity index (χ1) is 11.3. The zero-order valence-corrected chi connectivity index (χ0v) is 14.9. The first-order valence-corrected chi connectivity index (χ1v) is 8.31. The summed E-state index contributed by atoms with van der Waals surface area (Å²) in [6, 6.07) is 3.25. The van der Waals surface area contributed by atoms with E-state index in [0.717, 1.165) is 35.5 Å². The topological polar surface area (TPSA) is 72.9 Å². The quantitative estimate of drug-likeness (QED) is 0.857. The number of amides is 1. The lowest BCUT2D eigenvalue weighted by Crippen LogP contribution is -2.52. The van der Waals surface area contributed by atoms with Crippen LogP contribution in [0.2, 0.25) is 0 Å². The Morgan fingerprint density at radius 1 is 1.12 bits per heavy atom. The molecule has 1 fully saturated rings. The number of carboxylic acid groups (broad SMARTS) is 1. The number of carbonyl (C=O) groups is 2. The van der Waals surface area contributed by atoms with Crippen molar-refractivity contribution in [3.05, 3.63) is 28.8 Å². The van der Waals surface area contributed by atoms with E-state index in [-0.39, 0.29) is 12.3 Å². The summed E-state index contributed by atoms with van der Waals surface area (Å²) in [4.78, 5) is 28.1. The second-order valence-corrected chi connectivity index (χ2v) is 6.72. The van der Waals surface area contributed by atoms with Gasteiger partial charge in [-0.3, -0.25) is 14.5 Å². The van der Waals surface area contributed by atoms with Crippen LogP contribution in [0.5, 0.6) is 0 Å². The zero-order chi connectivity index (χ0) is 17.9. The lowest BCUT2D eigenvalue weighted by Gasteiger charge is -2.35. The normalized spacial score (nSPS) is 17.5. The molecular weight excluding hydrogens is 306 g/mol. The number of carboxylic acids is 1. The third-order valence-corrected chi connectivity index (χ3v) is 4.58. The first kappa shape index (κ1) is 18.4. The molecular formula is C18H27N3O3. The predicted octanol–water partition coefficient (Wildman–Crippen LogP) is 1.64. The van der Waals surface area contributed by atoms with E-state index in [2.05, 4.69) is 10.2 Å². The van der Waals surface area contributed by atoms with Gasteiger partial charge in [-0.25, -0.2) is 0 Å². The summed E-state index contributed by atoms with van der Waals surface area (Å²) in [5, 5.41) is 12.4. The average molecular weight is 333 g/mol. The molecule has 1 amide bonds. The van der Waals surface area contributed by atoms with Gasteiger partial charge in [-0.1, -0.05) is 17.7 Å². The third kappa shape index (κ3) is 4.55. The zero-order valence-electron chi connectivity index (χ0n) is 14.9. The van der Waals surface area contributed by atoms with Crippen LogP contribution in [-0.2, 0) is 9.59 Å². The number of benzene rings is 1. The molecule has 6 nitrogen and oxygen atoms in total. The highest BCUT2D eigenvalue weighted by Gasteiger charge is 2.30. The van der Waals surface area contributed by atoms with Crippen LogP contribution >= 0.6 is 0 Å². The number of rotatable bonds is 5. The van der Waals surface area contributed by atoms with Gasteiger partial charge in [-0.15, -0.1) is 0 Å². The van der Waals surface area contributed by atoms with Gasteiger partial charge >= 0.3 is 5.97 Å². The van der Waals surface area contributed by atoms with Gasteiger partial charge in [0.05, 0.1) is 6.42 Å². The maximum absolute atomic E-state index is 12.4. The molecule has 1 heterocycles. The van der Waals surface area contributed by atoms with Gasteiger partial charge in [0, 0.05) is 31.9 Å². The molecule has 0 radical (unpaired) electrons. The van der Waals surface area contributed by atoms with Gasteiger partial charge in [0.2, 0.25) is 5.91 Å². The van der Waals surface area contributed by atoms with Crippen LogP contribution in [0.4, 0.5) is 5.69 Å². The number of aliphatic carboxylic acids is 1. The largest absolute Gasteiger partial charge is 0.480 e. The van der Waals surface area contributed by atoms with Crippen molar-refractivity contribution < 1.29 is 14.7 Å². The van der Waals surface area contributed by atoms with E-state index in [4.69, 9.17) is 0 Å². The van der Waals surface area contributed by atoms with Crippen molar-refractivity contribution in [2.45, 2.75) is 33.2 Å². The molecule has 0 bridgehead atoms. The Bertz CT molecular complexity index is 599. The summed E-state index contributed by atoms with van der Waals surface area (Å²) in [6.07, 6.45) is -0.0359. The third-order valence-electron chi connectivity index (χ3n) is 4.58. The number of hydrogen-bond acceptors (Lipinski definition) is 4. The van der Waals surface area contributed by atoms with Crippen molar-refractivity contribution in [3.8, 4) is 0 Å². The minimum Gasteiger partial charge on any atom is -0.480 e. The number of nitrogens with one attached hydrogen (secondary N) is 1. The Balaban J connectivity index is 2.05. The van der Waals surface area contributed by atoms with Crippen molar-refractivity contribution in [1.82, 2.24) is 9.80 Å². The van der Waals surface area contributed by atoms with E-state index in [1.165, 1.54) is 0 Å². The molecule has 0 unspecified atom stereocenters.